The van der Waals surface area contributed by atoms with Crippen LogP contribution in [0.2, 0.25) is 0 Å². The molecule has 1 atom stereocenters. The van der Waals surface area contributed by atoms with E-state index in [9.17, 15) is 0 Å². The minimum absolute atomic E-state index is 0.118. The molecule has 5 heteroatoms. The molecule has 0 aliphatic rings. The van der Waals surface area contributed by atoms with E-state index >= 15 is 0 Å². The van der Waals surface area contributed by atoms with E-state index in [2.05, 4.69) is 6.92 Å². The van der Waals surface area contributed by atoms with Crippen molar-refractivity contribution >= 4 is 11.6 Å². The molecule has 0 aromatic heterocycles. The van der Waals surface area contributed by atoms with Gasteiger partial charge in [-0.15, -0.1) is 0 Å². The normalized spacial score (nSPS) is 13.0. The highest BCUT2D eigenvalue weighted by atomic mass is 35.5. The summed E-state index contributed by atoms with van der Waals surface area (Å²) in [6.45, 7) is 4.34. The van der Waals surface area contributed by atoms with Crippen molar-refractivity contribution in [1.82, 2.24) is 0 Å². The predicted molar refractivity (Wildman–Crippen MR) is 86.6 cm³/mol. The van der Waals surface area contributed by atoms with Gasteiger partial charge in [0.2, 0.25) is 5.75 Å². The maximum absolute atomic E-state index is 6.01. The summed E-state index contributed by atoms with van der Waals surface area (Å²) < 4.78 is 16.6. The maximum atomic E-state index is 6.01. The van der Waals surface area contributed by atoms with Crippen LogP contribution in [-0.4, -0.2) is 26.9 Å². The van der Waals surface area contributed by atoms with Gasteiger partial charge in [-0.05, 0) is 43.0 Å². The van der Waals surface area contributed by atoms with Gasteiger partial charge in [0.15, 0.2) is 11.5 Å². The second kappa shape index (κ2) is 8.80. The van der Waals surface area contributed by atoms with Gasteiger partial charge in [0.05, 0.1) is 14.2 Å². The van der Waals surface area contributed by atoms with Gasteiger partial charge in [0.1, 0.15) is 6.61 Å². The zero-order chi connectivity index (χ0) is 15.8. The first-order valence-electron chi connectivity index (χ1n) is 6.94. The molecule has 0 saturated carbocycles. The monoisotopic (exact) mass is 313 g/mol. The van der Waals surface area contributed by atoms with Crippen LogP contribution >= 0.6 is 11.6 Å². The third kappa shape index (κ3) is 5.14. The molecule has 1 unspecified atom stereocenters. The molecule has 0 spiro atoms. The quantitative estimate of drug-likeness (QED) is 0.798. The number of benzene rings is 1. The van der Waals surface area contributed by atoms with Crippen molar-refractivity contribution in [2.75, 3.05) is 20.8 Å². The molecular formula is C16H24ClNO3. The summed E-state index contributed by atoms with van der Waals surface area (Å²) in [6, 6.07) is 3.99. The van der Waals surface area contributed by atoms with E-state index in [1.807, 2.05) is 19.1 Å². The number of halogens is 1. The second-order valence-electron chi connectivity index (χ2n) is 4.95. The topological polar surface area (TPSA) is 53.7 Å². The van der Waals surface area contributed by atoms with Gasteiger partial charge in [-0.2, -0.15) is 0 Å². The molecule has 1 aromatic carbocycles. The van der Waals surface area contributed by atoms with Gasteiger partial charge < -0.3 is 19.9 Å². The van der Waals surface area contributed by atoms with Gasteiger partial charge >= 0.3 is 0 Å². The summed E-state index contributed by atoms with van der Waals surface area (Å²) in [6.07, 6.45) is 1.69. The predicted octanol–water partition coefficient (Wildman–Crippen LogP) is 3.51. The van der Waals surface area contributed by atoms with Crippen molar-refractivity contribution in [2.24, 2.45) is 5.73 Å². The zero-order valence-corrected chi connectivity index (χ0v) is 13.9. The lowest BCUT2D eigenvalue weighted by Crippen LogP contribution is -2.21. The molecule has 0 fully saturated rings. The number of hydrogen-bond acceptors (Lipinski definition) is 4. The van der Waals surface area contributed by atoms with Crippen LogP contribution in [0.15, 0.2) is 23.2 Å². The van der Waals surface area contributed by atoms with Gasteiger partial charge in [-0.3, -0.25) is 0 Å². The summed E-state index contributed by atoms with van der Waals surface area (Å²) in [4.78, 5) is 0. The fourth-order valence-electron chi connectivity index (χ4n) is 1.86. The van der Waals surface area contributed by atoms with Crippen LogP contribution in [0.5, 0.6) is 17.2 Å². The van der Waals surface area contributed by atoms with E-state index in [1.54, 1.807) is 14.2 Å². The Morgan fingerprint density at radius 1 is 1.29 bits per heavy atom. The fraction of sp³-hybridized carbons (Fsp3) is 0.500. The molecule has 0 aliphatic heterocycles. The summed E-state index contributed by atoms with van der Waals surface area (Å²) in [5, 5.41) is 0. The number of nitrogens with two attached hydrogens (primary N) is 1. The molecule has 1 rings (SSSR count). The molecule has 0 aliphatic carbocycles. The van der Waals surface area contributed by atoms with Gasteiger partial charge in [0.25, 0.3) is 0 Å². The summed E-state index contributed by atoms with van der Waals surface area (Å²) in [5.41, 5.74) is 9.48. The van der Waals surface area contributed by atoms with E-state index in [4.69, 9.17) is 31.5 Å². The number of methoxy groups -OCH3 is 2. The lowest BCUT2D eigenvalue weighted by atomic mass is 10.0. The molecular weight excluding hydrogens is 290 g/mol. The van der Waals surface area contributed by atoms with Crippen molar-refractivity contribution in [2.45, 2.75) is 32.7 Å². The number of rotatable bonds is 8. The van der Waals surface area contributed by atoms with Gasteiger partial charge in [-0.25, -0.2) is 0 Å². The SMILES string of the molecule is CCC(N)Cc1cc(OC)c(OC/C(C)=C/Cl)c(OC)c1. The maximum Gasteiger partial charge on any atom is 0.203 e. The van der Waals surface area contributed by atoms with Crippen LogP contribution in [0, 0.1) is 0 Å². The summed E-state index contributed by atoms with van der Waals surface area (Å²) in [7, 11) is 3.21. The Balaban J connectivity index is 3.06. The van der Waals surface area contributed by atoms with Crippen molar-refractivity contribution in [3.63, 3.8) is 0 Å². The van der Waals surface area contributed by atoms with Crippen LogP contribution < -0.4 is 19.9 Å². The zero-order valence-electron chi connectivity index (χ0n) is 13.1. The third-order valence-electron chi connectivity index (χ3n) is 3.17. The minimum Gasteiger partial charge on any atom is -0.493 e. The average Bonchev–Trinajstić information content (AvgIpc) is 2.51. The molecule has 0 bridgehead atoms. The smallest absolute Gasteiger partial charge is 0.203 e. The minimum atomic E-state index is 0.118. The van der Waals surface area contributed by atoms with E-state index in [0.29, 0.717) is 23.9 Å². The molecule has 2 N–H and O–H groups in total. The van der Waals surface area contributed by atoms with E-state index < -0.39 is 0 Å². The summed E-state index contributed by atoms with van der Waals surface area (Å²) in [5.74, 6) is 1.84. The Labute approximate surface area is 131 Å². The number of hydrogen-bond donors (Lipinski definition) is 1. The van der Waals surface area contributed by atoms with Crippen LogP contribution in [0.25, 0.3) is 0 Å². The molecule has 4 nitrogen and oxygen atoms in total. The van der Waals surface area contributed by atoms with Gasteiger partial charge in [0, 0.05) is 11.6 Å². The first-order valence-corrected chi connectivity index (χ1v) is 7.38. The lowest BCUT2D eigenvalue weighted by Gasteiger charge is -2.17. The molecule has 0 heterocycles. The van der Waals surface area contributed by atoms with E-state index in [0.717, 1.165) is 24.0 Å². The van der Waals surface area contributed by atoms with Crippen molar-refractivity contribution in [3.8, 4) is 17.2 Å². The Morgan fingerprint density at radius 2 is 1.86 bits per heavy atom. The molecule has 118 valence electrons. The van der Waals surface area contributed by atoms with E-state index in [1.165, 1.54) is 5.54 Å². The van der Waals surface area contributed by atoms with Crippen molar-refractivity contribution in [3.05, 3.63) is 28.8 Å². The van der Waals surface area contributed by atoms with Crippen LogP contribution in [0.4, 0.5) is 0 Å². The highest BCUT2D eigenvalue weighted by Gasteiger charge is 2.15. The molecule has 0 amide bonds. The van der Waals surface area contributed by atoms with Gasteiger partial charge in [-0.1, -0.05) is 18.5 Å². The van der Waals surface area contributed by atoms with Crippen molar-refractivity contribution < 1.29 is 14.2 Å². The fourth-order valence-corrected chi connectivity index (χ4v) is 1.92. The highest BCUT2D eigenvalue weighted by molar-refractivity contribution is 6.25. The van der Waals surface area contributed by atoms with Crippen LogP contribution in [0.1, 0.15) is 25.8 Å². The highest BCUT2D eigenvalue weighted by Crippen LogP contribution is 2.39. The Morgan fingerprint density at radius 3 is 2.29 bits per heavy atom. The largest absolute Gasteiger partial charge is 0.493 e. The van der Waals surface area contributed by atoms with Crippen LogP contribution in [0.3, 0.4) is 0 Å². The average molecular weight is 314 g/mol. The first kappa shape index (κ1) is 17.7. The third-order valence-corrected chi connectivity index (χ3v) is 3.55. The Kier molecular flexibility index (Phi) is 7.40. The molecule has 21 heavy (non-hydrogen) atoms. The molecule has 1 aromatic rings. The Hall–Kier alpha value is -1.39. The molecule has 0 saturated heterocycles. The first-order chi connectivity index (χ1) is 10.0. The number of ether oxygens (including phenoxy) is 3. The summed E-state index contributed by atoms with van der Waals surface area (Å²) >= 11 is 5.65. The van der Waals surface area contributed by atoms with Crippen LogP contribution in [-0.2, 0) is 6.42 Å². The second-order valence-corrected chi connectivity index (χ2v) is 5.16. The Bertz CT molecular complexity index is 463. The van der Waals surface area contributed by atoms with E-state index in [-0.39, 0.29) is 6.04 Å². The lowest BCUT2D eigenvalue weighted by molar-refractivity contribution is 0.295. The molecule has 0 radical (unpaired) electrons. The van der Waals surface area contributed by atoms with Crippen molar-refractivity contribution in [1.29, 1.82) is 0 Å². The standard InChI is InChI=1S/C16H24ClNO3/c1-5-13(18)6-12-7-14(19-3)16(15(8-12)20-4)21-10-11(2)9-17/h7-9,13H,5-6,10,18H2,1-4H3/b11-9+.